The Labute approximate surface area is 196 Å². The molecule has 1 N–H and O–H groups in total. The number of ether oxygens (including phenoxy) is 1. The Morgan fingerprint density at radius 1 is 1.24 bits per heavy atom. The van der Waals surface area contributed by atoms with E-state index in [4.69, 9.17) is 13.6 Å². The Balaban J connectivity index is 1.73. The van der Waals surface area contributed by atoms with Crippen molar-refractivity contribution in [2.75, 3.05) is 7.11 Å². The van der Waals surface area contributed by atoms with Gasteiger partial charge in [0.2, 0.25) is 0 Å². The van der Waals surface area contributed by atoms with Gasteiger partial charge in [-0.1, -0.05) is 45.1 Å². The summed E-state index contributed by atoms with van der Waals surface area (Å²) in [6, 6.07) is 13.3. The van der Waals surface area contributed by atoms with Crippen LogP contribution >= 0.6 is 0 Å². The lowest BCUT2D eigenvalue weighted by Crippen LogP contribution is -2.32. The SMILES string of the molecule is C=CCC(C=Cc1ccco1)NC(=O)c1ccc(Cc2cc(C(C)(C)CC)ccc2OC)o1. The number of nitrogens with one attached hydrogen (secondary N) is 1. The zero-order chi connectivity index (χ0) is 23.8. The highest BCUT2D eigenvalue weighted by Crippen LogP contribution is 2.32. The molecule has 0 radical (unpaired) electrons. The van der Waals surface area contributed by atoms with Crippen molar-refractivity contribution >= 4 is 12.0 Å². The number of carbonyl (C=O) groups is 1. The summed E-state index contributed by atoms with van der Waals surface area (Å²) >= 11 is 0. The molecule has 3 aromatic rings. The Morgan fingerprint density at radius 2 is 2.06 bits per heavy atom. The van der Waals surface area contributed by atoms with E-state index in [2.05, 4.69) is 44.8 Å². The maximum atomic E-state index is 12.8. The molecule has 0 fully saturated rings. The number of amides is 1. The van der Waals surface area contributed by atoms with E-state index < -0.39 is 0 Å². The summed E-state index contributed by atoms with van der Waals surface area (Å²) in [5.41, 5.74) is 2.35. The minimum absolute atomic E-state index is 0.0680. The van der Waals surface area contributed by atoms with Crippen molar-refractivity contribution in [3.8, 4) is 5.75 Å². The van der Waals surface area contributed by atoms with E-state index in [0.29, 0.717) is 18.6 Å². The molecule has 174 valence electrons. The first-order valence-corrected chi connectivity index (χ1v) is 11.3. The molecule has 33 heavy (non-hydrogen) atoms. The van der Waals surface area contributed by atoms with Gasteiger partial charge in [0.05, 0.1) is 19.4 Å². The summed E-state index contributed by atoms with van der Waals surface area (Å²) in [4.78, 5) is 12.8. The molecular weight excluding hydrogens is 414 g/mol. The number of furan rings is 2. The second-order valence-electron chi connectivity index (χ2n) is 8.69. The molecule has 1 atom stereocenters. The predicted octanol–water partition coefficient (Wildman–Crippen LogP) is 6.55. The second-order valence-corrected chi connectivity index (χ2v) is 8.69. The van der Waals surface area contributed by atoms with E-state index >= 15 is 0 Å². The summed E-state index contributed by atoms with van der Waals surface area (Å²) < 4.78 is 16.8. The van der Waals surface area contributed by atoms with Crippen LogP contribution < -0.4 is 10.1 Å². The molecule has 5 nitrogen and oxygen atoms in total. The molecule has 0 aliphatic carbocycles. The minimum atomic E-state index is -0.273. The first kappa shape index (κ1) is 24.2. The lowest BCUT2D eigenvalue weighted by molar-refractivity contribution is 0.0915. The van der Waals surface area contributed by atoms with Crippen LogP contribution in [0.25, 0.3) is 6.08 Å². The molecule has 1 amide bonds. The van der Waals surface area contributed by atoms with Crippen molar-refractivity contribution in [3.05, 3.63) is 95.9 Å². The van der Waals surface area contributed by atoms with E-state index in [1.54, 1.807) is 25.5 Å². The lowest BCUT2D eigenvalue weighted by atomic mass is 9.81. The van der Waals surface area contributed by atoms with Gasteiger partial charge in [0.1, 0.15) is 17.3 Å². The maximum absolute atomic E-state index is 12.8. The fourth-order valence-corrected chi connectivity index (χ4v) is 3.53. The number of rotatable bonds is 11. The van der Waals surface area contributed by atoms with E-state index in [-0.39, 0.29) is 23.1 Å². The van der Waals surface area contributed by atoms with E-state index in [9.17, 15) is 4.79 Å². The van der Waals surface area contributed by atoms with Gasteiger partial charge in [-0.05, 0) is 60.2 Å². The van der Waals surface area contributed by atoms with Crippen molar-refractivity contribution in [1.29, 1.82) is 0 Å². The fraction of sp³-hybridized carbons (Fsp3) is 0.321. The molecule has 1 aromatic carbocycles. The van der Waals surface area contributed by atoms with Crippen molar-refractivity contribution < 1.29 is 18.4 Å². The average Bonchev–Trinajstić information content (AvgIpc) is 3.50. The molecule has 0 bridgehead atoms. The van der Waals surface area contributed by atoms with Gasteiger partial charge in [-0.3, -0.25) is 4.79 Å². The first-order valence-electron chi connectivity index (χ1n) is 11.3. The van der Waals surface area contributed by atoms with Crippen LogP contribution in [0, 0.1) is 0 Å². The van der Waals surface area contributed by atoms with Crippen molar-refractivity contribution in [1.82, 2.24) is 5.32 Å². The highest BCUT2D eigenvalue weighted by atomic mass is 16.5. The van der Waals surface area contributed by atoms with Crippen LogP contribution in [-0.2, 0) is 11.8 Å². The number of benzene rings is 1. The highest BCUT2D eigenvalue weighted by Gasteiger charge is 2.21. The third kappa shape index (κ3) is 6.28. The van der Waals surface area contributed by atoms with Crippen LogP contribution in [0.5, 0.6) is 5.75 Å². The van der Waals surface area contributed by atoms with Gasteiger partial charge < -0.3 is 18.9 Å². The van der Waals surface area contributed by atoms with Crippen LogP contribution in [0.2, 0.25) is 0 Å². The van der Waals surface area contributed by atoms with Crippen LogP contribution in [0.3, 0.4) is 0 Å². The van der Waals surface area contributed by atoms with Crippen molar-refractivity contribution in [2.45, 2.75) is 51.5 Å². The Morgan fingerprint density at radius 3 is 2.73 bits per heavy atom. The van der Waals surface area contributed by atoms with Crippen LogP contribution in [0.4, 0.5) is 0 Å². The Bertz CT molecular complexity index is 1090. The third-order valence-corrected chi connectivity index (χ3v) is 5.97. The molecule has 0 aliphatic heterocycles. The molecule has 2 aromatic heterocycles. The monoisotopic (exact) mass is 447 g/mol. The third-order valence-electron chi connectivity index (χ3n) is 5.97. The zero-order valence-electron chi connectivity index (χ0n) is 19.9. The van der Waals surface area contributed by atoms with E-state index in [0.717, 1.165) is 23.5 Å². The molecule has 0 aliphatic rings. The summed E-state index contributed by atoms with van der Waals surface area (Å²) in [5.74, 6) is 2.24. The number of hydrogen-bond acceptors (Lipinski definition) is 4. The van der Waals surface area contributed by atoms with Gasteiger partial charge in [0.15, 0.2) is 5.76 Å². The van der Waals surface area contributed by atoms with Crippen LogP contribution in [0.15, 0.2) is 76.3 Å². The number of hydrogen-bond donors (Lipinski definition) is 1. The van der Waals surface area contributed by atoms with Crippen molar-refractivity contribution in [3.63, 3.8) is 0 Å². The predicted molar refractivity (Wildman–Crippen MR) is 132 cm³/mol. The standard InChI is InChI=1S/C28H33NO4/c1-6-9-22(12-13-23-10-8-17-32-23)29-27(30)26-16-14-24(33-26)19-20-18-21(28(3,4)7-2)11-15-25(20)31-5/h6,8,10-18,22H,1,7,9,19H2,2-5H3,(H,29,30). The molecule has 3 rings (SSSR count). The van der Waals surface area contributed by atoms with Crippen LogP contribution in [-0.4, -0.2) is 19.1 Å². The van der Waals surface area contributed by atoms with Gasteiger partial charge in [0.25, 0.3) is 5.91 Å². The Hall–Kier alpha value is -3.47. The molecule has 5 heteroatoms. The normalized spacial score (nSPS) is 12.6. The fourth-order valence-electron chi connectivity index (χ4n) is 3.53. The van der Waals surface area contributed by atoms with E-state index in [1.807, 2.05) is 36.4 Å². The summed E-state index contributed by atoms with van der Waals surface area (Å²) in [5, 5.41) is 2.98. The topological polar surface area (TPSA) is 64.6 Å². The molecular formula is C28H33NO4. The van der Waals surface area contributed by atoms with Gasteiger partial charge in [-0.2, -0.15) is 0 Å². The van der Waals surface area contributed by atoms with Crippen molar-refractivity contribution in [2.24, 2.45) is 0 Å². The smallest absolute Gasteiger partial charge is 0.287 e. The van der Waals surface area contributed by atoms with Gasteiger partial charge >= 0.3 is 0 Å². The minimum Gasteiger partial charge on any atom is -0.496 e. The summed E-state index contributed by atoms with van der Waals surface area (Å²) in [6.07, 6.45) is 9.25. The maximum Gasteiger partial charge on any atom is 0.287 e. The summed E-state index contributed by atoms with van der Waals surface area (Å²) in [7, 11) is 1.67. The highest BCUT2D eigenvalue weighted by molar-refractivity contribution is 5.91. The molecule has 0 spiro atoms. The average molecular weight is 448 g/mol. The van der Waals surface area contributed by atoms with E-state index in [1.165, 1.54) is 5.56 Å². The quantitative estimate of drug-likeness (QED) is 0.339. The number of carbonyl (C=O) groups excluding carboxylic acids is 1. The lowest BCUT2D eigenvalue weighted by Gasteiger charge is -2.24. The summed E-state index contributed by atoms with van der Waals surface area (Å²) in [6.45, 7) is 10.4. The van der Waals surface area contributed by atoms with Gasteiger partial charge in [-0.15, -0.1) is 6.58 Å². The van der Waals surface area contributed by atoms with Gasteiger partial charge in [0, 0.05) is 12.0 Å². The molecule has 0 saturated carbocycles. The zero-order valence-corrected chi connectivity index (χ0v) is 19.9. The van der Waals surface area contributed by atoms with Crippen LogP contribution in [0.1, 0.15) is 66.8 Å². The largest absolute Gasteiger partial charge is 0.496 e. The second kappa shape index (κ2) is 10.9. The first-order chi connectivity index (χ1) is 15.9. The molecule has 0 saturated heterocycles. The number of methoxy groups -OCH3 is 1. The van der Waals surface area contributed by atoms with Gasteiger partial charge in [-0.25, -0.2) is 0 Å². The molecule has 2 heterocycles. The Kier molecular flexibility index (Phi) is 7.99. The molecule has 1 unspecified atom stereocenters.